The van der Waals surface area contributed by atoms with Crippen LogP contribution in [0.2, 0.25) is 0 Å². The number of likely N-dealkylation sites (N-methyl/N-ethyl adjacent to an activating group) is 1. The van der Waals surface area contributed by atoms with Crippen molar-refractivity contribution in [2.75, 3.05) is 20.1 Å². The highest BCUT2D eigenvalue weighted by atomic mass is 19.1. The third-order valence-corrected chi connectivity index (χ3v) is 3.75. The standard InChI is InChI=1S/C14H21FN2/c1-11(17(2)14-7-8-16-10-14)9-12-3-5-13(15)6-4-12/h3-6,11,14,16H,7-10H2,1-2H3. The molecule has 1 N–H and O–H groups in total. The Morgan fingerprint density at radius 2 is 2.12 bits per heavy atom. The average molecular weight is 236 g/mol. The first-order valence-corrected chi connectivity index (χ1v) is 6.34. The van der Waals surface area contributed by atoms with Crippen LogP contribution in [0.5, 0.6) is 0 Å². The lowest BCUT2D eigenvalue weighted by Crippen LogP contribution is -2.40. The molecule has 1 aliphatic heterocycles. The van der Waals surface area contributed by atoms with Crippen molar-refractivity contribution in [3.8, 4) is 0 Å². The molecule has 1 aliphatic rings. The molecule has 0 saturated carbocycles. The topological polar surface area (TPSA) is 15.3 Å². The lowest BCUT2D eigenvalue weighted by molar-refractivity contribution is 0.194. The van der Waals surface area contributed by atoms with Gasteiger partial charge in [0.05, 0.1) is 0 Å². The number of hydrogen-bond donors (Lipinski definition) is 1. The average Bonchev–Trinajstić information content (AvgIpc) is 2.84. The molecule has 1 saturated heterocycles. The van der Waals surface area contributed by atoms with Crippen LogP contribution < -0.4 is 5.32 Å². The van der Waals surface area contributed by atoms with E-state index >= 15 is 0 Å². The highest BCUT2D eigenvalue weighted by Crippen LogP contribution is 2.14. The molecule has 2 nitrogen and oxygen atoms in total. The summed E-state index contributed by atoms with van der Waals surface area (Å²) >= 11 is 0. The Balaban J connectivity index is 1.91. The Morgan fingerprint density at radius 1 is 1.41 bits per heavy atom. The lowest BCUT2D eigenvalue weighted by Gasteiger charge is -2.30. The van der Waals surface area contributed by atoms with Gasteiger partial charge in [0.15, 0.2) is 0 Å². The predicted molar refractivity (Wildman–Crippen MR) is 68.6 cm³/mol. The summed E-state index contributed by atoms with van der Waals surface area (Å²) in [6, 6.07) is 7.98. The van der Waals surface area contributed by atoms with Gasteiger partial charge >= 0.3 is 0 Å². The molecule has 17 heavy (non-hydrogen) atoms. The Labute approximate surface area is 103 Å². The van der Waals surface area contributed by atoms with Crippen LogP contribution >= 0.6 is 0 Å². The molecule has 2 atom stereocenters. The van der Waals surface area contributed by atoms with Gasteiger partial charge in [0.1, 0.15) is 5.82 Å². The van der Waals surface area contributed by atoms with Crippen LogP contribution in [-0.4, -0.2) is 37.1 Å². The minimum absolute atomic E-state index is 0.158. The monoisotopic (exact) mass is 236 g/mol. The second-order valence-corrected chi connectivity index (χ2v) is 4.99. The second kappa shape index (κ2) is 5.61. The van der Waals surface area contributed by atoms with Gasteiger partial charge in [0.2, 0.25) is 0 Å². The van der Waals surface area contributed by atoms with E-state index in [9.17, 15) is 4.39 Å². The van der Waals surface area contributed by atoms with Gasteiger partial charge < -0.3 is 5.32 Å². The fourth-order valence-electron chi connectivity index (χ4n) is 2.45. The molecule has 0 aromatic heterocycles. The minimum Gasteiger partial charge on any atom is -0.315 e. The van der Waals surface area contributed by atoms with Gasteiger partial charge in [-0.25, -0.2) is 4.39 Å². The zero-order valence-electron chi connectivity index (χ0n) is 10.6. The molecule has 0 bridgehead atoms. The van der Waals surface area contributed by atoms with E-state index in [4.69, 9.17) is 0 Å². The van der Waals surface area contributed by atoms with Crippen molar-refractivity contribution >= 4 is 0 Å². The number of halogens is 1. The van der Waals surface area contributed by atoms with E-state index in [0.717, 1.165) is 19.5 Å². The summed E-state index contributed by atoms with van der Waals surface area (Å²) < 4.78 is 12.8. The maximum Gasteiger partial charge on any atom is 0.123 e. The van der Waals surface area contributed by atoms with Crippen molar-refractivity contribution in [2.45, 2.75) is 31.8 Å². The van der Waals surface area contributed by atoms with Gasteiger partial charge in [0, 0.05) is 18.6 Å². The van der Waals surface area contributed by atoms with Crippen molar-refractivity contribution in [2.24, 2.45) is 0 Å². The fraction of sp³-hybridized carbons (Fsp3) is 0.571. The first-order chi connectivity index (χ1) is 8.16. The molecule has 0 radical (unpaired) electrons. The third-order valence-electron chi connectivity index (χ3n) is 3.75. The van der Waals surface area contributed by atoms with E-state index in [-0.39, 0.29) is 5.82 Å². The summed E-state index contributed by atoms with van der Waals surface area (Å²) in [5.41, 5.74) is 1.21. The molecule has 2 unspecified atom stereocenters. The highest BCUT2D eigenvalue weighted by Gasteiger charge is 2.22. The molecule has 1 aromatic rings. The summed E-state index contributed by atoms with van der Waals surface area (Å²) in [5.74, 6) is -0.158. The van der Waals surface area contributed by atoms with Crippen LogP contribution in [-0.2, 0) is 6.42 Å². The largest absolute Gasteiger partial charge is 0.315 e. The Morgan fingerprint density at radius 3 is 2.71 bits per heavy atom. The van der Waals surface area contributed by atoms with Crippen LogP contribution in [0.1, 0.15) is 18.9 Å². The van der Waals surface area contributed by atoms with Crippen molar-refractivity contribution in [3.05, 3.63) is 35.6 Å². The van der Waals surface area contributed by atoms with E-state index < -0.39 is 0 Å². The van der Waals surface area contributed by atoms with Crippen LogP contribution in [0.25, 0.3) is 0 Å². The van der Waals surface area contributed by atoms with E-state index in [2.05, 4.69) is 24.2 Å². The van der Waals surface area contributed by atoms with Gasteiger partial charge in [0.25, 0.3) is 0 Å². The SMILES string of the molecule is CC(Cc1ccc(F)cc1)N(C)C1CCNC1. The number of benzene rings is 1. The lowest BCUT2D eigenvalue weighted by atomic mass is 10.0. The van der Waals surface area contributed by atoms with E-state index in [0.29, 0.717) is 12.1 Å². The van der Waals surface area contributed by atoms with Gasteiger partial charge in [-0.3, -0.25) is 4.90 Å². The van der Waals surface area contributed by atoms with E-state index in [1.807, 2.05) is 12.1 Å². The Kier molecular flexibility index (Phi) is 4.13. The quantitative estimate of drug-likeness (QED) is 0.860. The number of nitrogens with one attached hydrogen (secondary N) is 1. The summed E-state index contributed by atoms with van der Waals surface area (Å²) in [5, 5.41) is 3.39. The van der Waals surface area contributed by atoms with Gasteiger partial charge in [-0.2, -0.15) is 0 Å². The Hall–Kier alpha value is -0.930. The molecular formula is C14H21FN2. The fourth-order valence-corrected chi connectivity index (χ4v) is 2.45. The third kappa shape index (κ3) is 3.27. The van der Waals surface area contributed by atoms with Crippen LogP contribution in [0.4, 0.5) is 4.39 Å². The first-order valence-electron chi connectivity index (χ1n) is 6.34. The van der Waals surface area contributed by atoms with Crippen LogP contribution in [0.3, 0.4) is 0 Å². The summed E-state index contributed by atoms with van der Waals surface area (Å²) in [6.45, 7) is 4.45. The van der Waals surface area contributed by atoms with Crippen molar-refractivity contribution < 1.29 is 4.39 Å². The maximum absolute atomic E-state index is 12.8. The highest BCUT2D eigenvalue weighted by molar-refractivity contribution is 5.17. The number of nitrogens with zero attached hydrogens (tertiary/aromatic N) is 1. The molecule has 1 heterocycles. The normalized spacial score (nSPS) is 22.0. The number of hydrogen-bond acceptors (Lipinski definition) is 2. The van der Waals surface area contributed by atoms with Gasteiger partial charge in [-0.15, -0.1) is 0 Å². The minimum atomic E-state index is -0.158. The first kappa shape index (κ1) is 12.5. The summed E-state index contributed by atoms with van der Waals surface area (Å²) in [6.07, 6.45) is 2.21. The molecule has 0 aliphatic carbocycles. The van der Waals surface area contributed by atoms with E-state index in [1.165, 1.54) is 12.0 Å². The van der Waals surface area contributed by atoms with Gasteiger partial charge in [-0.05, 0) is 51.1 Å². The zero-order valence-corrected chi connectivity index (χ0v) is 10.6. The van der Waals surface area contributed by atoms with Crippen LogP contribution in [0.15, 0.2) is 24.3 Å². The molecule has 2 rings (SSSR count). The molecule has 94 valence electrons. The van der Waals surface area contributed by atoms with E-state index in [1.54, 1.807) is 12.1 Å². The molecule has 1 aromatic carbocycles. The molecule has 0 amide bonds. The zero-order chi connectivity index (χ0) is 12.3. The summed E-state index contributed by atoms with van der Waals surface area (Å²) in [4.78, 5) is 2.43. The van der Waals surface area contributed by atoms with Crippen molar-refractivity contribution in [3.63, 3.8) is 0 Å². The smallest absolute Gasteiger partial charge is 0.123 e. The van der Waals surface area contributed by atoms with Crippen LogP contribution in [0, 0.1) is 5.82 Å². The number of rotatable bonds is 4. The predicted octanol–water partition coefficient (Wildman–Crippen LogP) is 2.05. The second-order valence-electron chi connectivity index (χ2n) is 4.99. The molecule has 0 spiro atoms. The summed E-state index contributed by atoms with van der Waals surface area (Å²) in [7, 11) is 2.19. The maximum atomic E-state index is 12.8. The Bertz CT molecular complexity index is 344. The molecule has 3 heteroatoms. The molecular weight excluding hydrogens is 215 g/mol. The van der Waals surface area contributed by atoms with Gasteiger partial charge in [-0.1, -0.05) is 12.1 Å². The van der Waals surface area contributed by atoms with Crippen molar-refractivity contribution in [1.29, 1.82) is 0 Å². The van der Waals surface area contributed by atoms with Crippen molar-refractivity contribution in [1.82, 2.24) is 10.2 Å². The molecule has 1 fully saturated rings.